The maximum atomic E-state index is 10.7. The lowest BCUT2D eigenvalue weighted by Crippen LogP contribution is -1.89. The second kappa shape index (κ2) is 3.73. The molecule has 0 aliphatic heterocycles. The van der Waals surface area contributed by atoms with Gasteiger partial charge in [-0.3, -0.25) is 0 Å². The average Bonchev–Trinajstić information content (AvgIpc) is 2.56. The van der Waals surface area contributed by atoms with Gasteiger partial charge >= 0.3 is 0 Å². The zero-order valence-electron chi connectivity index (χ0n) is 8.49. The first-order valence-electron chi connectivity index (χ1n) is 4.68. The molecule has 4 nitrogen and oxygen atoms in total. The molecule has 2 rings (SSSR count). The number of hydrogen-bond acceptors (Lipinski definition) is 3. The zero-order chi connectivity index (χ0) is 11.0. The molecule has 0 aliphatic carbocycles. The third-order valence-corrected chi connectivity index (χ3v) is 3.23. The molecule has 0 fully saturated rings. The van der Waals surface area contributed by atoms with Crippen LogP contribution in [0.15, 0.2) is 21.9 Å². The van der Waals surface area contributed by atoms with E-state index in [2.05, 4.69) is 26.2 Å². The fraction of sp³-hybridized carbons (Fsp3) is 0.300. The summed E-state index contributed by atoms with van der Waals surface area (Å²) in [5.41, 5.74) is 3.00. The molecule has 15 heavy (non-hydrogen) atoms. The lowest BCUT2D eigenvalue weighted by atomic mass is 10.2. The molecule has 0 atom stereocenters. The Morgan fingerprint density at radius 1 is 1.60 bits per heavy atom. The smallest absolute Gasteiger partial charge is 0.156 e. The number of aryl methyl sites for hydroxylation is 2. The van der Waals surface area contributed by atoms with Gasteiger partial charge in [0.2, 0.25) is 0 Å². The Hall–Kier alpha value is -1.23. The van der Waals surface area contributed by atoms with E-state index in [0.717, 1.165) is 21.2 Å². The van der Waals surface area contributed by atoms with E-state index < -0.39 is 0 Å². The number of nitrogens with zero attached hydrogens (tertiary/aromatic N) is 3. The number of pyridine rings is 1. The van der Waals surface area contributed by atoms with Crippen molar-refractivity contribution in [2.24, 2.45) is 5.18 Å². The van der Waals surface area contributed by atoms with Crippen LogP contribution in [0.1, 0.15) is 18.2 Å². The van der Waals surface area contributed by atoms with Gasteiger partial charge in [-0.1, -0.05) is 22.9 Å². The maximum absolute atomic E-state index is 10.7. The molecular weight excluding hydrogens is 258 g/mol. The number of nitroso groups, excluding NO2 is 1. The minimum atomic E-state index is 0.443. The summed E-state index contributed by atoms with van der Waals surface area (Å²) in [6.07, 6.45) is 2.59. The van der Waals surface area contributed by atoms with Crippen molar-refractivity contribution in [1.82, 2.24) is 9.61 Å². The molecule has 2 aromatic rings. The first-order valence-corrected chi connectivity index (χ1v) is 5.47. The molecule has 0 N–H and O–H groups in total. The molecule has 2 aromatic heterocycles. The molecule has 0 aromatic carbocycles. The predicted octanol–water partition coefficient (Wildman–Crippen LogP) is 3.37. The Bertz CT molecular complexity index is 533. The molecule has 0 amide bonds. The van der Waals surface area contributed by atoms with E-state index >= 15 is 0 Å². The average molecular weight is 268 g/mol. The summed E-state index contributed by atoms with van der Waals surface area (Å²) < 4.78 is 2.66. The lowest BCUT2D eigenvalue weighted by molar-refractivity contribution is 0.891. The Morgan fingerprint density at radius 2 is 2.33 bits per heavy atom. The molecule has 0 unspecified atom stereocenters. The van der Waals surface area contributed by atoms with Crippen molar-refractivity contribution in [1.29, 1.82) is 0 Å². The Balaban J connectivity index is 2.83. The second-order valence-electron chi connectivity index (χ2n) is 3.37. The van der Waals surface area contributed by atoms with E-state index in [9.17, 15) is 4.91 Å². The largest absolute Gasteiger partial charge is 0.238 e. The molecule has 0 spiro atoms. The van der Waals surface area contributed by atoms with Crippen LogP contribution < -0.4 is 0 Å². The van der Waals surface area contributed by atoms with Crippen LogP contribution in [0.4, 0.5) is 5.69 Å². The van der Waals surface area contributed by atoms with Gasteiger partial charge in [-0.15, -0.1) is 4.91 Å². The van der Waals surface area contributed by atoms with Crippen molar-refractivity contribution >= 4 is 27.1 Å². The summed E-state index contributed by atoms with van der Waals surface area (Å²) in [7, 11) is 0. The molecule has 5 heteroatoms. The molecule has 0 aliphatic rings. The third-order valence-electron chi connectivity index (χ3n) is 2.37. The quantitative estimate of drug-likeness (QED) is 0.784. The Kier molecular flexibility index (Phi) is 2.56. The van der Waals surface area contributed by atoms with Crippen LogP contribution in [0.25, 0.3) is 5.52 Å². The monoisotopic (exact) mass is 267 g/mol. The van der Waals surface area contributed by atoms with Gasteiger partial charge in [0.15, 0.2) is 5.69 Å². The van der Waals surface area contributed by atoms with Gasteiger partial charge in [0.1, 0.15) is 0 Å². The first kappa shape index (κ1) is 10.3. The third kappa shape index (κ3) is 1.56. The minimum Gasteiger partial charge on any atom is -0.238 e. The minimum absolute atomic E-state index is 0.443. The fourth-order valence-electron chi connectivity index (χ4n) is 1.54. The van der Waals surface area contributed by atoms with Gasteiger partial charge in [0.25, 0.3) is 0 Å². The van der Waals surface area contributed by atoms with Crippen LogP contribution in [0.2, 0.25) is 0 Å². The normalized spacial score (nSPS) is 10.9. The number of fused-ring (bicyclic) bond motifs is 1. The van der Waals surface area contributed by atoms with Crippen LogP contribution in [-0.4, -0.2) is 9.61 Å². The molecular formula is C10H10BrN3O. The number of hydrogen-bond donors (Lipinski definition) is 0. The van der Waals surface area contributed by atoms with Crippen molar-refractivity contribution in [3.05, 3.63) is 32.9 Å². The van der Waals surface area contributed by atoms with E-state index in [4.69, 9.17) is 0 Å². The standard InChI is InChI=1S/C10H10BrN3O/c1-3-8-10(13-15)9-4-7(11)6(2)5-14(9)12-8/h4-5H,3H2,1-2H3. The predicted molar refractivity (Wildman–Crippen MR) is 62.5 cm³/mol. The van der Waals surface area contributed by atoms with Crippen LogP contribution in [0.5, 0.6) is 0 Å². The number of halogens is 1. The van der Waals surface area contributed by atoms with E-state index in [-0.39, 0.29) is 0 Å². The summed E-state index contributed by atoms with van der Waals surface area (Å²) in [5.74, 6) is 0. The van der Waals surface area contributed by atoms with Crippen LogP contribution in [0.3, 0.4) is 0 Å². The van der Waals surface area contributed by atoms with Gasteiger partial charge in [-0.05, 0) is 30.2 Å². The molecule has 0 bridgehead atoms. The number of aromatic nitrogens is 2. The Labute approximate surface area is 95.4 Å². The first-order chi connectivity index (χ1) is 7.17. The summed E-state index contributed by atoms with van der Waals surface area (Å²) >= 11 is 3.43. The van der Waals surface area contributed by atoms with Gasteiger partial charge < -0.3 is 0 Å². The zero-order valence-corrected chi connectivity index (χ0v) is 10.1. The number of rotatable bonds is 2. The van der Waals surface area contributed by atoms with Gasteiger partial charge in [-0.25, -0.2) is 4.52 Å². The molecule has 2 heterocycles. The highest BCUT2D eigenvalue weighted by Crippen LogP contribution is 2.29. The lowest BCUT2D eigenvalue weighted by Gasteiger charge is -1.98. The van der Waals surface area contributed by atoms with Crippen molar-refractivity contribution in [2.45, 2.75) is 20.3 Å². The van der Waals surface area contributed by atoms with Gasteiger partial charge in [-0.2, -0.15) is 5.10 Å². The van der Waals surface area contributed by atoms with Gasteiger partial charge in [0, 0.05) is 10.7 Å². The summed E-state index contributed by atoms with van der Waals surface area (Å²) in [4.78, 5) is 10.7. The second-order valence-corrected chi connectivity index (χ2v) is 4.23. The van der Waals surface area contributed by atoms with Crippen molar-refractivity contribution in [3.8, 4) is 0 Å². The topological polar surface area (TPSA) is 46.7 Å². The van der Waals surface area contributed by atoms with E-state index in [1.807, 2.05) is 26.1 Å². The van der Waals surface area contributed by atoms with E-state index in [0.29, 0.717) is 12.1 Å². The molecule has 0 radical (unpaired) electrons. The van der Waals surface area contributed by atoms with Crippen LogP contribution in [-0.2, 0) is 6.42 Å². The summed E-state index contributed by atoms with van der Waals surface area (Å²) in [6, 6.07) is 1.87. The van der Waals surface area contributed by atoms with E-state index in [1.54, 1.807) is 4.52 Å². The maximum Gasteiger partial charge on any atom is 0.156 e. The van der Waals surface area contributed by atoms with Crippen molar-refractivity contribution in [2.75, 3.05) is 0 Å². The highest BCUT2D eigenvalue weighted by molar-refractivity contribution is 9.10. The fourth-order valence-corrected chi connectivity index (χ4v) is 1.86. The van der Waals surface area contributed by atoms with Crippen molar-refractivity contribution in [3.63, 3.8) is 0 Å². The Morgan fingerprint density at radius 3 is 2.93 bits per heavy atom. The molecule has 0 saturated heterocycles. The molecule has 78 valence electrons. The highest BCUT2D eigenvalue weighted by Gasteiger charge is 2.12. The molecule has 0 saturated carbocycles. The van der Waals surface area contributed by atoms with Crippen LogP contribution in [0, 0.1) is 11.8 Å². The van der Waals surface area contributed by atoms with Crippen molar-refractivity contribution < 1.29 is 0 Å². The summed E-state index contributed by atoms with van der Waals surface area (Å²) in [6.45, 7) is 3.93. The van der Waals surface area contributed by atoms with Crippen LogP contribution >= 0.6 is 15.9 Å². The van der Waals surface area contributed by atoms with Gasteiger partial charge in [0.05, 0.1) is 11.2 Å². The SMILES string of the molecule is CCc1nn2cc(C)c(Br)cc2c1N=O. The summed E-state index contributed by atoms with van der Waals surface area (Å²) in [5, 5.41) is 7.35. The highest BCUT2D eigenvalue weighted by atomic mass is 79.9. The van der Waals surface area contributed by atoms with E-state index in [1.165, 1.54) is 0 Å².